The van der Waals surface area contributed by atoms with Crippen molar-refractivity contribution in [1.29, 1.82) is 0 Å². The van der Waals surface area contributed by atoms with Crippen LogP contribution in [0.5, 0.6) is 0 Å². The number of hydrogen-bond donors (Lipinski definition) is 2. The van der Waals surface area contributed by atoms with Gasteiger partial charge in [0.05, 0.1) is 5.39 Å². The lowest BCUT2D eigenvalue weighted by Crippen LogP contribution is -2.32. The summed E-state index contributed by atoms with van der Waals surface area (Å²) in [6.45, 7) is -0.871. The number of ether oxygens (including phenoxy) is 1. The van der Waals surface area contributed by atoms with Crippen molar-refractivity contribution >= 4 is 22.6 Å². The molecule has 4 atom stereocenters. The van der Waals surface area contributed by atoms with Gasteiger partial charge in [0.2, 0.25) is 0 Å². The van der Waals surface area contributed by atoms with E-state index >= 15 is 0 Å². The van der Waals surface area contributed by atoms with Crippen LogP contribution >= 0.6 is 11.6 Å². The van der Waals surface area contributed by atoms with E-state index in [0.29, 0.717) is 11.0 Å². The summed E-state index contributed by atoms with van der Waals surface area (Å²) in [5.41, 5.74) is 0.454. The van der Waals surface area contributed by atoms with E-state index in [-0.39, 0.29) is 5.15 Å². The second-order valence-electron chi connectivity index (χ2n) is 4.33. The smallest absolute Gasteiger partial charge is 0.164 e. The quantitative estimate of drug-likeness (QED) is 0.794. The maximum absolute atomic E-state index is 12.7. The van der Waals surface area contributed by atoms with E-state index in [1.54, 1.807) is 12.3 Å². The van der Waals surface area contributed by atoms with Crippen molar-refractivity contribution in [3.8, 4) is 0 Å². The lowest BCUT2D eigenvalue weighted by molar-refractivity contribution is -0.0406. The van der Waals surface area contributed by atoms with Crippen molar-refractivity contribution in [3.63, 3.8) is 0 Å². The molecule has 1 aliphatic heterocycles. The average Bonchev–Trinajstić information content (AvgIpc) is 2.94. The standard InChI is InChI=1S/C11H11ClFN3O3/c12-9-5-1-2-16(10(5)15-4-14-9)11-8(18)7(17)6(3-13)19-11/h1-2,4,6-8,11,17-18H,3H2/t6-,7-,8-,11-/m1/s1. The van der Waals surface area contributed by atoms with E-state index in [1.807, 2.05) is 0 Å². The predicted octanol–water partition coefficient (Wildman–Crippen LogP) is 0.673. The Morgan fingerprint density at radius 2 is 2.16 bits per heavy atom. The fourth-order valence-corrected chi connectivity index (χ4v) is 2.42. The summed E-state index contributed by atoms with van der Waals surface area (Å²) < 4.78 is 19.5. The van der Waals surface area contributed by atoms with Crippen molar-refractivity contribution in [2.45, 2.75) is 24.5 Å². The summed E-state index contributed by atoms with van der Waals surface area (Å²) in [6.07, 6.45) is -1.57. The van der Waals surface area contributed by atoms with Gasteiger partial charge in [0.15, 0.2) is 6.23 Å². The fourth-order valence-electron chi connectivity index (χ4n) is 2.23. The summed E-state index contributed by atoms with van der Waals surface area (Å²) in [4.78, 5) is 7.90. The minimum absolute atomic E-state index is 0.277. The summed E-state index contributed by atoms with van der Waals surface area (Å²) in [7, 11) is 0. The number of alkyl halides is 1. The Balaban J connectivity index is 2.04. The van der Waals surface area contributed by atoms with Crippen LogP contribution in [0.25, 0.3) is 11.0 Å². The van der Waals surface area contributed by atoms with E-state index < -0.39 is 31.2 Å². The molecule has 3 heterocycles. The Kier molecular flexibility index (Phi) is 3.14. The molecule has 6 nitrogen and oxygen atoms in total. The number of rotatable bonds is 2. The Morgan fingerprint density at radius 3 is 2.84 bits per heavy atom. The first kappa shape index (κ1) is 12.7. The lowest BCUT2D eigenvalue weighted by atomic mass is 10.1. The van der Waals surface area contributed by atoms with Crippen LogP contribution in [0.2, 0.25) is 5.15 Å². The fraction of sp³-hybridized carbons (Fsp3) is 0.455. The predicted molar refractivity (Wildman–Crippen MR) is 64.4 cm³/mol. The average molecular weight is 288 g/mol. The van der Waals surface area contributed by atoms with E-state index in [1.165, 1.54) is 10.9 Å². The Bertz CT molecular complexity index is 608. The molecule has 0 spiro atoms. The molecule has 2 N–H and O–H groups in total. The van der Waals surface area contributed by atoms with Crippen molar-refractivity contribution in [3.05, 3.63) is 23.7 Å². The van der Waals surface area contributed by atoms with Gasteiger partial charge < -0.3 is 19.5 Å². The van der Waals surface area contributed by atoms with Crippen LogP contribution < -0.4 is 0 Å². The molecule has 1 saturated heterocycles. The molecule has 1 aliphatic rings. The Labute approximate surface area is 112 Å². The molecule has 0 radical (unpaired) electrons. The van der Waals surface area contributed by atoms with Crippen LogP contribution in [0.1, 0.15) is 6.23 Å². The van der Waals surface area contributed by atoms with Gasteiger partial charge in [-0.1, -0.05) is 11.6 Å². The molecule has 8 heteroatoms. The second kappa shape index (κ2) is 4.68. The number of nitrogens with zero attached hydrogens (tertiary/aromatic N) is 3. The van der Waals surface area contributed by atoms with Crippen LogP contribution in [0.15, 0.2) is 18.6 Å². The molecule has 1 fully saturated rings. The van der Waals surface area contributed by atoms with Gasteiger partial charge in [-0.2, -0.15) is 0 Å². The molecule has 3 rings (SSSR count). The monoisotopic (exact) mass is 287 g/mol. The number of hydrogen-bond acceptors (Lipinski definition) is 5. The maximum Gasteiger partial charge on any atom is 0.164 e. The van der Waals surface area contributed by atoms with Crippen LogP contribution in [0.3, 0.4) is 0 Å². The Morgan fingerprint density at radius 1 is 1.37 bits per heavy atom. The molecule has 2 aromatic heterocycles. The summed E-state index contributed by atoms with van der Waals surface area (Å²) in [5, 5.41) is 20.5. The first-order valence-corrected chi connectivity index (χ1v) is 6.06. The number of halogens is 2. The third kappa shape index (κ3) is 1.90. The topological polar surface area (TPSA) is 80.4 Å². The number of aromatic nitrogens is 3. The zero-order chi connectivity index (χ0) is 13.6. The molecular formula is C11H11ClFN3O3. The summed E-state index contributed by atoms with van der Waals surface area (Å²) in [5.74, 6) is 0. The molecule has 2 aromatic rings. The third-order valence-corrected chi connectivity index (χ3v) is 3.53. The van der Waals surface area contributed by atoms with Gasteiger partial charge in [0, 0.05) is 6.20 Å². The normalized spacial score (nSPS) is 31.2. The zero-order valence-corrected chi connectivity index (χ0v) is 10.4. The first-order chi connectivity index (χ1) is 9.13. The third-order valence-electron chi connectivity index (χ3n) is 3.22. The number of aliphatic hydroxyl groups is 2. The molecule has 0 bridgehead atoms. The van der Waals surface area contributed by atoms with E-state index in [0.717, 1.165) is 0 Å². The first-order valence-electron chi connectivity index (χ1n) is 5.68. The summed E-state index contributed by atoms with van der Waals surface area (Å²) in [6, 6.07) is 1.67. The minimum atomic E-state index is -1.27. The van der Waals surface area contributed by atoms with Crippen LogP contribution in [-0.4, -0.2) is 49.7 Å². The highest BCUT2D eigenvalue weighted by molar-refractivity contribution is 6.33. The highest BCUT2D eigenvalue weighted by atomic mass is 35.5. The van der Waals surface area contributed by atoms with Crippen molar-refractivity contribution in [2.24, 2.45) is 0 Å². The molecule has 102 valence electrons. The minimum Gasteiger partial charge on any atom is -0.387 e. The highest BCUT2D eigenvalue weighted by Crippen LogP contribution is 2.33. The van der Waals surface area contributed by atoms with E-state index in [4.69, 9.17) is 16.3 Å². The Hall–Kier alpha value is -1.28. The molecule has 0 saturated carbocycles. The van der Waals surface area contributed by atoms with Crippen LogP contribution in [0, 0.1) is 0 Å². The highest BCUT2D eigenvalue weighted by Gasteiger charge is 2.44. The van der Waals surface area contributed by atoms with Gasteiger partial charge in [-0.05, 0) is 6.07 Å². The molecule has 19 heavy (non-hydrogen) atoms. The van der Waals surface area contributed by atoms with Gasteiger partial charge in [-0.3, -0.25) is 0 Å². The maximum atomic E-state index is 12.7. The molecule has 0 aliphatic carbocycles. The van der Waals surface area contributed by atoms with Gasteiger partial charge in [-0.15, -0.1) is 0 Å². The molecule has 0 aromatic carbocycles. The van der Waals surface area contributed by atoms with E-state index in [9.17, 15) is 14.6 Å². The van der Waals surface area contributed by atoms with Gasteiger partial charge >= 0.3 is 0 Å². The SMILES string of the molecule is O[C@@H]1[C@H](O)[C@@H](CF)O[C@H]1n1ccc2c(Cl)ncnc21. The van der Waals surface area contributed by atoms with Gasteiger partial charge in [0.1, 0.15) is 42.1 Å². The van der Waals surface area contributed by atoms with E-state index in [2.05, 4.69) is 9.97 Å². The second-order valence-corrected chi connectivity index (χ2v) is 4.68. The van der Waals surface area contributed by atoms with Crippen molar-refractivity contribution in [1.82, 2.24) is 14.5 Å². The van der Waals surface area contributed by atoms with Crippen molar-refractivity contribution in [2.75, 3.05) is 6.67 Å². The molecule has 0 amide bonds. The van der Waals surface area contributed by atoms with Gasteiger partial charge in [0.25, 0.3) is 0 Å². The zero-order valence-electron chi connectivity index (χ0n) is 9.65. The van der Waals surface area contributed by atoms with Crippen molar-refractivity contribution < 1.29 is 19.3 Å². The number of aliphatic hydroxyl groups excluding tert-OH is 2. The lowest BCUT2D eigenvalue weighted by Gasteiger charge is -2.17. The molecular weight excluding hydrogens is 277 g/mol. The largest absolute Gasteiger partial charge is 0.387 e. The summed E-state index contributed by atoms with van der Waals surface area (Å²) >= 11 is 5.92. The number of fused-ring (bicyclic) bond motifs is 1. The van der Waals surface area contributed by atoms with Crippen LogP contribution in [0.4, 0.5) is 4.39 Å². The van der Waals surface area contributed by atoms with Crippen LogP contribution in [-0.2, 0) is 4.74 Å². The van der Waals surface area contributed by atoms with Gasteiger partial charge in [-0.25, -0.2) is 14.4 Å². The molecule has 0 unspecified atom stereocenters.